The molecule has 2 aromatic carbocycles. The Morgan fingerprint density at radius 2 is 1.60 bits per heavy atom. The molecule has 1 amide bonds. The van der Waals surface area contributed by atoms with Gasteiger partial charge in [-0.1, -0.05) is 60.7 Å². The number of benzene rings is 2. The van der Waals surface area contributed by atoms with Crippen LogP contribution in [0.2, 0.25) is 0 Å². The number of rotatable bonds is 7. The van der Waals surface area contributed by atoms with Gasteiger partial charge in [-0.05, 0) is 12.5 Å². The maximum atomic E-state index is 12.9. The molecule has 8 heteroatoms. The summed E-state index contributed by atoms with van der Waals surface area (Å²) in [6, 6.07) is 17.6. The van der Waals surface area contributed by atoms with E-state index in [4.69, 9.17) is 4.74 Å². The summed E-state index contributed by atoms with van der Waals surface area (Å²) in [6.45, 7) is 1.75. The smallest absolute Gasteiger partial charge is 0.341 e. The summed E-state index contributed by atoms with van der Waals surface area (Å²) in [5.41, 5.74) is -0.854. The number of carbonyl (C=O) groups excluding carboxylic acids is 2. The van der Waals surface area contributed by atoms with Crippen LogP contribution in [0.1, 0.15) is 28.5 Å². The fourth-order valence-electron chi connectivity index (χ4n) is 2.86. The number of hydrogen-bond donors (Lipinski definition) is 1. The molecule has 0 aliphatic carbocycles. The fourth-order valence-corrected chi connectivity index (χ4v) is 2.86. The van der Waals surface area contributed by atoms with Crippen LogP contribution in [0.4, 0.5) is 4.79 Å². The summed E-state index contributed by atoms with van der Waals surface area (Å²) in [7, 11) is 0. The van der Waals surface area contributed by atoms with Crippen LogP contribution in [0, 0.1) is 0 Å². The van der Waals surface area contributed by atoms with Crippen molar-refractivity contribution < 1.29 is 14.3 Å². The molecule has 1 aromatic heterocycles. The molecule has 0 aliphatic rings. The van der Waals surface area contributed by atoms with E-state index in [1.807, 2.05) is 30.3 Å². The lowest BCUT2D eigenvalue weighted by Gasteiger charge is -2.14. The van der Waals surface area contributed by atoms with Crippen molar-refractivity contribution in [2.24, 2.45) is 0 Å². The van der Waals surface area contributed by atoms with Crippen molar-refractivity contribution in [1.29, 1.82) is 0 Å². The van der Waals surface area contributed by atoms with Gasteiger partial charge in [-0.2, -0.15) is 0 Å². The summed E-state index contributed by atoms with van der Waals surface area (Å²) in [5.74, 6) is -0.603. The first-order valence-electron chi connectivity index (χ1n) is 9.39. The molecule has 0 atom stereocenters. The standard InChI is InChI=1S/C22H21N3O5/c1-2-23-21(28)25-18(20(27)17-11-7-4-8-12-17)13-19(26)24(22(25)29)15-30-14-16-9-5-3-6-10-16/h3-13H,2,14-15H2,1H3,(H,23,28). The Morgan fingerprint density at radius 3 is 2.23 bits per heavy atom. The Morgan fingerprint density at radius 1 is 0.967 bits per heavy atom. The third-order valence-corrected chi connectivity index (χ3v) is 4.32. The van der Waals surface area contributed by atoms with Gasteiger partial charge in [0, 0.05) is 18.2 Å². The molecule has 0 radical (unpaired) electrons. The second-order valence-electron chi connectivity index (χ2n) is 6.41. The molecule has 0 saturated carbocycles. The van der Waals surface area contributed by atoms with E-state index < -0.39 is 23.1 Å². The first-order valence-corrected chi connectivity index (χ1v) is 9.39. The number of nitrogens with one attached hydrogen (secondary N) is 1. The predicted molar refractivity (Wildman–Crippen MR) is 111 cm³/mol. The molecule has 3 rings (SSSR count). The molecule has 0 saturated heterocycles. The van der Waals surface area contributed by atoms with Gasteiger partial charge < -0.3 is 10.1 Å². The summed E-state index contributed by atoms with van der Waals surface area (Å²) in [4.78, 5) is 50.9. The maximum Gasteiger partial charge on any atom is 0.341 e. The van der Waals surface area contributed by atoms with Crippen LogP contribution in [-0.4, -0.2) is 27.5 Å². The normalized spacial score (nSPS) is 10.6. The largest absolute Gasteiger partial charge is 0.356 e. The molecule has 1 heterocycles. The van der Waals surface area contributed by atoms with E-state index in [0.717, 1.165) is 16.2 Å². The highest BCUT2D eigenvalue weighted by atomic mass is 16.5. The number of ether oxygens (including phenoxy) is 1. The molecule has 0 fully saturated rings. The summed E-state index contributed by atoms with van der Waals surface area (Å²) in [6.07, 6.45) is 0. The van der Waals surface area contributed by atoms with Crippen LogP contribution in [0.25, 0.3) is 0 Å². The van der Waals surface area contributed by atoms with Gasteiger partial charge in [-0.3, -0.25) is 9.59 Å². The van der Waals surface area contributed by atoms with Crippen LogP contribution < -0.4 is 16.6 Å². The van der Waals surface area contributed by atoms with E-state index in [1.54, 1.807) is 37.3 Å². The number of aromatic nitrogens is 2. The van der Waals surface area contributed by atoms with Crippen molar-refractivity contribution in [2.45, 2.75) is 20.3 Å². The van der Waals surface area contributed by atoms with Crippen LogP contribution in [0.5, 0.6) is 0 Å². The van der Waals surface area contributed by atoms with Gasteiger partial charge in [0.1, 0.15) is 12.4 Å². The molecule has 3 aromatic rings. The average molecular weight is 407 g/mol. The SMILES string of the molecule is CCNC(=O)n1c(C(=O)c2ccccc2)cc(=O)n(COCc2ccccc2)c1=O. The third-order valence-electron chi connectivity index (χ3n) is 4.32. The summed E-state index contributed by atoms with van der Waals surface area (Å²) in [5, 5.41) is 2.49. The number of amides is 1. The van der Waals surface area contributed by atoms with E-state index in [0.29, 0.717) is 4.57 Å². The zero-order chi connectivity index (χ0) is 21.5. The minimum Gasteiger partial charge on any atom is -0.356 e. The molecule has 154 valence electrons. The van der Waals surface area contributed by atoms with Gasteiger partial charge >= 0.3 is 11.7 Å². The molecule has 30 heavy (non-hydrogen) atoms. The van der Waals surface area contributed by atoms with Crippen LogP contribution in [-0.2, 0) is 18.1 Å². The van der Waals surface area contributed by atoms with Gasteiger partial charge in [-0.25, -0.2) is 18.7 Å². The highest BCUT2D eigenvalue weighted by Crippen LogP contribution is 2.07. The lowest BCUT2D eigenvalue weighted by Crippen LogP contribution is -2.48. The van der Waals surface area contributed by atoms with Crippen molar-refractivity contribution in [3.05, 3.63) is 104 Å². The van der Waals surface area contributed by atoms with E-state index in [1.165, 1.54) is 0 Å². The Balaban J connectivity index is 1.98. The molecule has 0 unspecified atom stereocenters. The molecular weight excluding hydrogens is 386 g/mol. The number of carbonyl (C=O) groups is 2. The Hall–Kier alpha value is -3.78. The van der Waals surface area contributed by atoms with Gasteiger partial charge in [0.05, 0.1) is 6.61 Å². The van der Waals surface area contributed by atoms with Crippen molar-refractivity contribution in [2.75, 3.05) is 6.54 Å². The Kier molecular flexibility index (Phi) is 6.71. The van der Waals surface area contributed by atoms with E-state index in [2.05, 4.69) is 5.32 Å². The summed E-state index contributed by atoms with van der Waals surface area (Å²) >= 11 is 0. The second-order valence-corrected chi connectivity index (χ2v) is 6.41. The molecule has 8 nitrogen and oxygen atoms in total. The van der Waals surface area contributed by atoms with Gasteiger partial charge in [0.2, 0.25) is 5.78 Å². The van der Waals surface area contributed by atoms with Gasteiger partial charge in [0.15, 0.2) is 0 Å². The van der Waals surface area contributed by atoms with Crippen molar-refractivity contribution >= 4 is 11.8 Å². The van der Waals surface area contributed by atoms with Gasteiger partial charge in [0.25, 0.3) is 5.56 Å². The zero-order valence-corrected chi connectivity index (χ0v) is 16.4. The van der Waals surface area contributed by atoms with E-state index >= 15 is 0 Å². The Bertz CT molecular complexity index is 1150. The van der Waals surface area contributed by atoms with Crippen molar-refractivity contribution in [1.82, 2.24) is 14.5 Å². The van der Waals surface area contributed by atoms with E-state index in [-0.39, 0.29) is 31.1 Å². The maximum absolute atomic E-state index is 12.9. The average Bonchev–Trinajstić information content (AvgIpc) is 2.76. The predicted octanol–water partition coefficient (Wildman–Crippen LogP) is 1.99. The lowest BCUT2D eigenvalue weighted by molar-refractivity contribution is 0.0580. The lowest BCUT2D eigenvalue weighted by atomic mass is 10.1. The minimum absolute atomic E-state index is 0.179. The minimum atomic E-state index is -0.944. The highest BCUT2D eigenvalue weighted by Gasteiger charge is 2.22. The highest BCUT2D eigenvalue weighted by molar-refractivity contribution is 6.09. The number of nitrogens with zero attached hydrogens (tertiary/aromatic N) is 2. The molecule has 0 aliphatic heterocycles. The first kappa shape index (κ1) is 20.9. The molecular formula is C22H21N3O5. The van der Waals surface area contributed by atoms with Crippen molar-refractivity contribution in [3.63, 3.8) is 0 Å². The van der Waals surface area contributed by atoms with Gasteiger partial charge in [-0.15, -0.1) is 0 Å². The Labute approximate surface area is 172 Å². The number of ketones is 1. The second kappa shape index (κ2) is 9.62. The molecule has 1 N–H and O–H groups in total. The number of hydrogen-bond acceptors (Lipinski definition) is 5. The van der Waals surface area contributed by atoms with Crippen LogP contribution in [0.15, 0.2) is 76.3 Å². The quantitative estimate of drug-likeness (QED) is 0.604. The van der Waals surface area contributed by atoms with Crippen LogP contribution in [0.3, 0.4) is 0 Å². The van der Waals surface area contributed by atoms with Crippen LogP contribution >= 0.6 is 0 Å². The monoisotopic (exact) mass is 407 g/mol. The summed E-state index contributed by atoms with van der Waals surface area (Å²) < 4.78 is 6.93. The third kappa shape index (κ3) is 4.61. The fraction of sp³-hybridized carbons (Fsp3) is 0.182. The first-order chi connectivity index (χ1) is 14.5. The van der Waals surface area contributed by atoms with Crippen molar-refractivity contribution in [3.8, 4) is 0 Å². The molecule has 0 bridgehead atoms. The molecule has 0 spiro atoms. The topological polar surface area (TPSA) is 99.4 Å². The zero-order valence-electron chi connectivity index (χ0n) is 16.4. The van der Waals surface area contributed by atoms with E-state index in [9.17, 15) is 19.2 Å².